The number of allylic oxidation sites excluding steroid dienone is 1. The molecule has 0 fully saturated rings. The smallest absolute Gasteiger partial charge is 0.342 e. The number of esters is 1. The highest BCUT2D eigenvalue weighted by Crippen LogP contribution is 2.16. The molecule has 0 heterocycles. The summed E-state index contributed by atoms with van der Waals surface area (Å²) < 4.78 is 5.10. The van der Waals surface area contributed by atoms with Gasteiger partial charge in [-0.2, -0.15) is 0 Å². The third kappa shape index (κ3) is 3.68. The van der Waals surface area contributed by atoms with E-state index in [9.17, 15) is 4.79 Å². The number of hydrogen-bond acceptors (Lipinski definition) is 2. The number of benzene rings is 2. The average Bonchev–Trinajstić information content (AvgIpc) is 2.46. The van der Waals surface area contributed by atoms with E-state index in [0.717, 1.165) is 30.0 Å². The number of ether oxygens (including phenoxy) is 1. The van der Waals surface area contributed by atoms with Crippen LogP contribution in [0.5, 0.6) is 0 Å². The Labute approximate surface area is 113 Å². The van der Waals surface area contributed by atoms with Crippen LogP contribution < -0.4 is 0 Å². The third-order valence-electron chi connectivity index (χ3n) is 2.98. The molecule has 2 rings (SSSR count). The van der Waals surface area contributed by atoms with Gasteiger partial charge in [0.05, 0.1) is 11.8 Å². The monoisotopic (exact) mass is 254 g/mol. The summed E-state index contributed by atoms with van der Waals surface area (Å²) in [7, 11) is 0. The fourth-order valence-electron chi connectivity index (χ4n) is 1.88. The Morgan fingerprint density at radius 3 is 2.74 bits per heavy atom. The Kier molecular flexibility index (Phi) is 4.73. The molecule has 2 nitrogen and oxygen atoms in total. The molecule has 2 aromatic carbocycles. The second-order valence-electron chi connectivity index (χ2n) is 4.48. The van der Waals surface area contributed by atoms with Crippen molar-refractivity contribution in [2.75, 3.05) is 0 Å². The molecular weight excluding hydrogens is 236 g/mol. The predicted molar refractivity (Wildman–Crippen MR) is 78.0 cm³/mol. The van der Waals surface area contributed by atoms with Crippen LogP contribution in [-0.2, 0) is 4.74 Å². The van der Waals surface area contributed by atoms with Crippen LogP contribution in [0, 0.1) is 0 Å². The van der Waals surface area contributed by atoms with Gasteiger partial charge >= 0.3 is 5.97 Å². The number of hydrogen-bond donors (Lipinski definition) is 0. The van der Waals surface area contributed by atoms with Gasteiger partial charge in [-0.25, -0.2) is 4.79 Å². The molecule has 0 atom stereocenters. The van der Waals surface area contributed by atoms with Crippen molar-refractivity contribution in [1.29, 1.82) is 0 Å². The van der Waals surface area contributed by atoms with Crippen molar-refractivity contribution in [2.45, 2.75) is 26.2 Å². The molecule has 0 unspecified atom stereocenters. The number of unbranched alkanes of at least 4 members (excludes halogenated alkanes) is 2. The lowest BCUT2D eigenvalue weighted by Crippen LogP contribution is -2.00. The first-order chi connectivity index (χ1) is 9.31. The standard InChI is InChI=1S/C17H18O2/c1-2-3-4-7-12-19-17(18)16-11-10-14-8-5-6-9-15(14)13-16/h5-13H,2-4H2,1H3/b12-7+. The molecule has 2 heteroatoms. The van der Waals surface area contributed by atoms with Crippen LogP contribution in [0.1, 0.15) is 36.5 Å². The molecule has 0 radical (unpaired) electrons. The lowest BCUT2D eigenvalue weighted by atomic mass is 10.1. The second-order valence-corrected chi connectivity index (χ2v) is 4.48. The number of rotatable bonds is 5. The summed E-state index contributed by atoms with van der Waals surface area (Å²) in [5.41, 5.74) is 0.582. The van der Waals surface area contributed by atoms with Crippen molar-refractivity contribution in [2.24, 2.45) is 0 Å². The molecule has 0 N–H and O–H groups in total. The minimum atomic E-state index is -0.307. The van der Waals surface area contributed by atoms with Gasteiger partial charge in [0.25, 0.3) is 0 Å². The van der Waals surface area contributed by atoms with E-state index in [2.05, 4.69) is 6.92 Å². The van der Waals surface area contributed by atoms with Gasteiger partial charge in [-0.3, -0.25) is 0 Å². The first kappa shape index (κ1) is 13.3. The summed E-state index contributed by atoms with van der Waals surface area (Å²) in [6, 6.07) is 13.5. The van der Waals surface area contributed by atoms with Crippen LogP contribution in [0.4, 0.5) is 0 Å². The van der Waals surface area contributed by atoms with Gasteiger partial charge < -0.3 is 4.74 Å². The average molecular weight is 254 g/mol. The summed E-state index contributed by atoms with van der Waals surface area (Å²) in [4.78, 5) is 11.8. The minimum absolute atomic E-state index is 0.307. The van der Waals surface area contributed by atoms with Crippen LogP contribution in [0.15, 0.2) is 54.8 Å². The molecule has 2 aromatic rings. The van der Waals surface area contributed by atoms with Gasteiger partial charge in [-0.15, -0.1) is 0 Å². The second kappa shape index (κ2) is 6.74. The molecule has 0 aliphatic rings. The van der Waals surface area contributed by atoms with Crippen molar-refractivity contribution in [3.63, 3.8) is 0 Å². The van der Waals surface area contributed by atoms with E-state index in [1.54, 1.807) is 6.07 Å². The quantitative estimate of drug-likeness (QED) is 0.439. The largest absolute Gasteiger partial charge is 0.431 e. The number of carbonyl (C=O) groups excluding carboxylic acids is 1. The van der Waals surface area contributed by atoms with Crippen molar-refractivity contribution < 1.29 is 9.53 Å². The van der Waals surface area contributed by atoms with Crippen molar-refractivity contribution in [3.8, 4) is 0 Å². The Morgan fingerprint density at radius 2 is 1.95 bits per heavy atom. The number of carbonyl (C=O) groups is 1. The maximum atomic E-state index is 11.8. The van der Waals surface area contributed by atoms with Crippen LogP contribution in [0.3, 0.4) is 0 Å². The van der Waals surface area contributed by atoms with E-state index in [1.807, 2.05) is 42.5 Å². The van der Waals surface area contributed by atoms with Crippen LogP contribution in [0.25, 0.3) is 10.8 Å². The van der Waals surface area contributed by atoms with Gasteiger partial charge in [-0.05, 0) is 41.8 Å². The van der Waals surface area contributed by atoms with Crippen LogP contribution >= 0.6 is 0 Å². The summed E-state index contributed by atoms with van der Waals surface area (Å²) in [6.45, 7) is 2.13. The van der Waals surface area contributed by atoms with Gasteiger partial charge in [-0.1, -0.05) is 43.7 Å². The summed E-state index contributed by atoms with van der Waals surface area (Å²) in [5, 5.41) is 2.17. The van der Waals surface area contributed by atoms with Crippen LogP contribution in [0.2, 0.25) is 0 Å². The highest BCUT2D eigenvalue weighted by molar-refractivity contribution is 5.95. The zero-order chi connectivity index (χ0) is 13.5. The zero-order valence-electron chi connectivity index (χ0n) is 11.1. The molecule has 0 saturated heterocycles. The molecular formula is C17H18O2. The first-order valence-corrected chi connectivity index (χ1v) is 6.66. The van der Waals surface area contributed by atoms with E-state index in [1.165, 1.54) is 6.26 Å². The van der Waals surface area contributed by atoms with Crippen molar-refractivity contribution in [1.82, 2.24) is 0 Å². The van der Waals surface area contributed by atoms with Gasteiger partial charge in [0.2, 0.25) is 0 Å². The van der Waals surface area contributed by atoms with E-state index in [-0.39, 0.29) is 5.97 Å². The molecule has 0 saturated carbocycles. The molecule has 0 aliphatic heterocycles. The summed E-state index contributed by atoms with van der Waals surface area (Å²) in [6.07, 6.45) is 6.59. The molecule has 0 aliphatic carbocycles. The maximum absolute atomic E-state index is 11.8. The summed E-state index contributed by atoms with van der Waals surface area (Å²) >= 11 is 0. The predicted octanol–water partition coefficient (Wildman–Crippen LogP) is 4.70. The molecule has 0 aromatic heterocycles. The van der Waals surface area contributed by atoms with Crippen LogP contribution in [-0.4, -0.2) is 5.97 Å². The van der Waals surface area contributed by atoms with Crippen molar-refractivity contribution in [3.05, 3.63) is 60.4 Å². The molecule has 0 bridgehead atoms. The summed E-state index contributed by atoms with van der Waals surface area (Å²) in [5.74, 6) is -0.307. The lowest BCUT2D eigenvalue weighted by Gasteiger charge is -2.02. The first-order valence-electron chi connectivity index (χ1n) is 6.66. The Hall–Kier alpha value is -2.09. The number of fused-ring (bicyclic) bond motifs is 1. The van der Waals surface area contributed by atoms with E-state index < -0.39 is 0 Å². The van der Waals surface area contributed by atoms with E-state index >= 15 is 0 Å². The van der Waals surface area contributed by atoms with Crippen molar-refractivity contribution >= 4 is 16.7 Å². The molecule has 98 valence electrons. The molecule has 0 spiro atoms. The Bertz CT molecular complexity index is 585. The third-order valence-corrected chi connectivity index (χ3v) is 2.98. The fourth-order valence-corrected chi connectivity index (χ4v) is 1.88. The Balaban J connectivity index is 2.03. The SMILES string of the molecule is CCCC/C=C/OC(=O)c1ccc2ccccc2c1. The fraction of sp³-hybridized carbons (Fsp3) is 0.235. The highest BCUT2D eigenvalue weighted by Gasteiger charge is 2.05. The van der Waals surface area contributed by atoms with E-state index in [0.29, 0.717) is 5.56 Å². The van der Waals surface area contributed by atoms with Gasteiger partial charge in [0.1, 0.15) is 0 Å². The van der Waals surface area contributed by atoms with Gasteiger partial charge in [0.15, 0.2) is 0 Å². The van der Waals surface area contributed by atoms with E-state index in [4.69, 9.17) is 4.74 Å². The zero-order valence-corrected chi connectivity index (χ0v) is 11.1. The lowest BCUT2D eigenvalue weighted by molar-refractivity contribution is 0.0662. The normalized spacial score (nSPS) is 11.0. The highest BCUT2D eigenvalue weighted by atomic mass is 16.5. The topological polar surface area (TPSA) is 26.3 Å². The minimum Gasteiger partial charge on any atom is -0.431 e. The Morgan fingerprint density at radius 1 is 1.16 bits per heavy atom. The van der Waals surface area contributed by atoms with Gasteiger partial charge in [0, 0.05) is 0 Å². The molecule has 0 amide bonds. The molecule has 19 heavy (non-hydrogen) atoms. The maximum Gasteiger partial charge on any atom is 0.342 e.